The van der Waals surface area contributed by atoms with Gasteiger partial charge in [0.05, 0.1) is 35.3 Å². The summed E-state index contributed by atoms with van der Waals surface area (Å²) in [5.74, 6) is 2.98. The van der Waals surface area contributed by atoms with Gasteiger partial charge in [-0.25, -0.2) is 10.5 Å². The molecule has 6 nitrogen and oxygen atoms in total. The number of hydroxylamine groups is 1. The summed E-state index contributed by atoms with van der Waals surface area (Å²) in [5.41, 5.74) is 5.89. The first-order valence-corrected chi connectivity index (χ1v) is 14.2. The van der Waals surface area contributed by atoms with Gasteiger partial charge in [-0.15, -0.1) is 0 Å². The van der Waals surface area contributed by atoms with Gasteiger partial charge in [-0.3, -0.25) is 9.63 Å². The van der Waals surface area contributed by atoms with Crippen LogP contribution in [0.3, 0.4) is 0 Å². The maximum atomic E-state index is 12.1. The Bertz CT molecular complexity index is 1030. The normalized spacial score (nSPS) is 12.5. The smallest absolute Gasteiger partial charge is 0.276 e. The number of carbonyl (C=O) groups excluding carboxylic acids is 1. The van der Waals surface area contributed by atoms with Gasteiger partial charge in [0, 0.05) is 11.8 Å². The lowest BCUT2D eigenvalue weighted by Gasteiger charge is -2.14. The molecule has 0 bridgehead atoms. The Balaban J connectivity index is 0.000000920. The Hall–Kier alpha value is -2.83. The molecule has 39 heavy (non-hydrogen) atoms. The zero-order chi connectivity index (χ0) is 30.0. The lowest BCUT2D eigenvalue weighted by Crippen LogP contribution is -2.22. The van der Waals surface area contributed by atoms with Crippen LogP contribution in [-0.2, 0) is 4.84 Å². The van der Waals surface area contributed by atoms with Gasteiger partial charge in [0.1, 0.15) is 5.82 Å². The van der Waals surface area contributed by atoms with E-state index in [9.17, 15) is 4.79 Å². The number of anilines is 3. The number of halogens is 1. The number of para-hydroxylation sites is 1. The van der Waals surface area contributed by atoms with Gasteiger partial charge in [0.15, 0.2) is 0 Å². The van der Waals surface area contributed by atoms with E-state index in [-0.39, 0.29) is 5.91 Å². The molecule has 0 fully saturated rings. The largest absolute Gasteiger partial charge is 0.353 e. The fourth-order valence-electron chi connectivity index (χ4n) is 2.93. The summed E-state index contributed by atoms with van der Waals surface area (Å²) in [6, 6.07) is 8.82. The van der Waals surface area contributed by atoms with Crippen molar-refractivity contribution < 1.29 is 9.63 Å². The molecule has 1 amide bonds. The number of benzene rings is 1. The van der Waals surface area contributed by atoms with Crippen LogP contribution in [0.1, 0.15) is 91.9 Å². The molecular formula is C32H51ClN4O2. The summed E-state index contributed by atoms with van der Waals surface area (Å²) >= 11 is 6.26. The molecule has 1 heterocycles. The molecule has 0 radical (unpaired) electrons. The number of hydrogen-bond acceptors (Lipinski definition) is 5. The van der Waals surface area contributed by atoms with Crippen LogP contribution in [0.15, 0.2) is 60.5 Å². The van der Waals surface area contributed by atoms with Crippen molar-refractivity contribution in [3.8, 4) is 0 Å². The molecule has 2 aromatic rings. The number of rotatable bonds is 11. The van der Waals surface area contributed by atoms with Crippen LogP contribution in [0.2, 0.25) is 5.02 Å². The first-order chi connectivity index (χ1) is 18.4. The molecule has 2 rings (SSSR count). The van der Waals surface area contributed by atoms with E-state index < -0.39 is 0 Å². The highest BCUT2D eigenvalue weighted by atomic mass is 35.5. The standard InChI is InChI=1S/C19H21ClN4O2.C8H18.C5H12/c1-5-12(2)13(3)22-18-10-17(15(20)11-21-18)23-16-9-7-6-8-14(16)19(25)24-26-4;1-5-7(3)8(4)6-2;1-4-5(2)3/h5-11H,1H2,2-4H3,(H,24,25)(H2,21,22,23);7-8H,5-6H2,1-4H3;5H,4H2,1-3H3/b13-12+;;. The van der Waals surface area contributed by atoms with Gasteiger partial charge < -0.3 is 10.6 Å². The van der Waals surface area contributed by atoms with Crippen LogP contribution in [0.4, 0.5) is 17.2 Å². The van der Waals surface area contributed by atoms with E-state index in [2.05, 4.69) is 76.1 Å². The van der Waals surface area contributed by atoms with Crippen LogP contribution in [0.5, 0.6) is 0 Å². The summed E-state index contributed by atoms with van der Waals surface area (Å²) in [5, 5.41) is 6.81. The maximum Gasteiger partial charge on any atom is 0.276 e. The molecule has 0 spiro atoms. The Morgan fingerprint density at radius 1 is 1.03 bits per heavy atom. The van der Waals surface area contributed by atoms with E-state index in [1.54, 1.807) is 36.5 Å². The van der Waals surface area contributed by atoms with Crippen LogP contribution >= 0.6 is 11.6 Å². The molecular weight excluding hydrogens is 508 g/mol. The molecule has 1 aromatic heterocycles. The minimum atomic E-state index is -0.362. The number of aromatic nitrogens is 1. The van der Waals surface area contributed by atoms with E-state index in [0.29, 0.717) is 27.8 Å². The van der Waals surface area contributed by atoms with Gasteiger partial charge in [0.25, 0.3) is 5.91 Å². The molecule has 0 aliphatic rings. The predicted octanol–water partition coefficient (Wildman–Crippen LogP) is 9.79. The number of hydrogen-bond donors (Lipinski definition) is 3. The summed E-state index contributed by atoms with van der Waals surface area (Å²) in [6.07, 6.45) is 7.27. The summed E-state index contributed by atoms with van der Waals surface area (Å²) in [4.78, 5) is 21.1. The number of amides is 1. The van der Waals surface area contributed by atoms with Gasteiger partial charge >= 0.3 is 0 Å². The molecule has 1 aromatic carbocycles. The predicted molar refractivity (Wildman–Crippen MR) is 170 cm³/mol. The lowest BCUT2D eigenvalue weighted by molar-refractivity contribution is 0.0538. The molecule has 2 unspecified atom stereocenters. The average Bonchev–Trinajstić information content (AvgIpc) is 2.94. The van der Waals surface area contributed by atoms with Crippen LogP contribution in [0.25, 0.3) is 0 Å². The van der Waals surface area contributed by atoms with Gasteiger partial charge in [-0.2, -0.15) is 0 Å². The molecule has 3 N–H and O–H groups in total. The van der Waals surface area contributed by atoms with Gasteiger partial charge in [-0.05, 0) is 49.3 Å². The highest BCUT2D eigenvalue weighted by Crippen LogP contribution is 2.29. The second kappa shape index (κ2) is 20.1. The van der Waals surface area contributed by atoms with Crippen LogP contribution in [0, 0.1) is 17.8 Å². The Labute approximate surface area is 242 Å². The lowest BCUT2D eigenvalue weighted by atomic mass is 9.92. The third-order valence-electron chi connectivity index (χ3n) is 6.78. The Morgan fingerprint density at radius 2 is 1.59 bits per heavy atom. The molecule has 2 atom stereocenters. The summed E-state index contributed by atoms with van der Waals surface area (Å²) in [7, 11) is 1.38. The first kappa shape index (κ1) is 36.2. The Kier molecular flexibility index (Phi) is 18.7. The monoisotopic (exact) mass is 558 g/mol. The van der Waals surface area contributed by atoms with E-state index in [0.717, 1.165) is 29.0 Å². The highest BCUT2D eigenvalue weighted by Gasteiger charge is 2.13. The minimum absolute atomic E-state index is 0.362. The van der Waals surface area contributed by atoms with Crippen LogP contribution in [-0.4, -0.2) is 18.0 Å². The molecule has 0 saturated heterocycles. The van der Waals surface area contributed by atoms with Crippen molar-refractivity contribution in [1.82, 2.24) is 10.5 Å². The maximum absolute atomic E-state index is 12.1. The van der Waals surface area contributed by atoms with Crippen molar-refractivity contribution in [3.63, 3.8) is 0 Å². The quantitative estimate of drug-likeness (QED) is 0.189. The minimum Gasteiger partial charge on any atom is -0.353 e. The molecule has 7 heteroatoms. The molecule has 0 saturated carbocycles. The van der Waals surface area contributed by atoms with Crippen molar-refractivity contribution in [3.05, 3.63) is 71.0 Å². The van der Waals surface area contributed by atoms with E-state index in [1.807, 2.05) is 19.9 Å². The third kappa shape index (κ3) is 14.2. The van der Waals surface area contributed by atoms with Crippen molar-refractivity contribution in [2.45, 2.75) is 81.6 Å². The first-order valence-electron chi connectivity index (χ1n) is 13.9. The SMILES string of the molecule is C=C/C(C)=C(\C)Nc1cc(Nc2ccccc2C(=O)NOC)c(Cl)cn1.CCC(C)C.CCC(C)C(C)CC. The average molecular weight is 559 g/mol. The number of pyridine rings is 1. The topological polar surface area (TPSA) is 75.3 Å². The van der Waals surface area contributed by atoms with Crippen molar-refractivity contribution in [2.75, 3.05) is 17.7 Å². The van der Waals surface area contributed by atoms with E-state index in [4.69, 9.17) is 16.4 Å². The second-order valence-electron chi connectivity index (χ2n) is 10.1. The summed E-state index contributed by atoms with van der Waals surface area (Å²) < 4.78 is 0. The number of allylic oxidation sites excluding steroid dienone is 3. The zero-order valence-corrected chi connectivity index (χ0v) is 26.5. The molecule has 0 aliphatic heterocycles. The highest BCUT2D eigenvalue weighted by molar-refractivity contribution is 6.33. The Morgan fingerprint density at radius 3 is 2.08 bits per heavy atom. The van der Waals surface area contributed by atoms with Crippen LogP contribution < -0.4 is 16.1 Å². The van der Waals surface area contributed by atoms with Gasteiger partial charge in [-0.1, -0.05) is 104 Å². The van der Waals surface area contributed by atoms with Crippen molar-refractivity contribution in [1.29, 1.82) is 0 Å². The van der Waals surface area contributed by atoms with Crippen molar-refractivity contribution in [2.24, 2.45) is 17.8 Å². The zero-order valence-electron chi connectivity index (χ0n) is 25.7. The number of carbonyl (C=O) groups is 1. The van der Waals surface area contributed by atoms with E-state index in [1.165, 1.54) is 26.4 Å². The summed E-state index contributed by atoms with van der Waals surface area (Å²) in [6.45, 7) is 23.5. The van der Waals surface area contributed by atoms with Crippen molar-refractivity contribution >= 4 is 34.7 Å². The number of nitrogens with one attached hydrogen (secondary N) is 3. The van der Waals surface area contributed by atoms with Gasteiger partial charge in [0.2, 0.25) is 0 Å². The fourth-order valence-corrected chi connectivity index (χ4v) is 3.08. The third-order valence-corrected chi connectivity index (χ3v) is 7.08. The molecule has 0 aliphatic carbocycles. The van der Waals surface area contributed by atoms with E-state index >= 15 is 0 Å². The fraction of sp³-hybridized carbons (Fsp3) is 0.500. The second-order valence-corrected chi connectivity index (χ2v) is 10.5. The molecule has 218 valence electrons. The number of nitrogens with zero attached hydrogens (tertiary/aromatic N) is 1.